The van der Waals surface area contributed by atoms with Gasteiger partial charge in [0, 0.05) is 19.4 Å². The van der Waals surface area contributed by atoms with E-state index < -0.39 is 34.7 Å². The number of nitrogens with two attached hydrogens (primary N) is 1. The van der Waals surface area contributed by atoms with Crippen LogP contribution in [-0.2, 0) is 19.4 Å². The number of anilines is 1. The molecule has 0 spiro atoms. The van der Waals surface area contributed by atoms with Gasteiger partial charge in [0.05, 0.1) is 39.7 Å². The van der Waals surface area contributed by atoms with Gasteiger partial charge in [-0.1, -0.05) is 38.5 Å². The molecule has 3 N–H and O–H groups in total. The number of nitrogen functional groups attached to an aromatic ring is 1. The number of aromatic amines is 1. The minimum atomic E-state index is -4.74. The molecule has 0 radical (unpaired) electrons. The molecule has 0 unspecified atom stereocenters. The van der Waals surface area contributed by atoms with Crippen LogP contribution < -0.4 is 16.9 Å². The third-order valence-electron chi connectivity index (χ3n) is 5.95. The molecule has 4 heterocycles. The predicted molar refractivity (Wildman–Crippen MR) is 137 cm³/mol. The van der Waals surface area contributed by atoms with Crippen molar-refractivity contribution in [2.24, 2.45) is 7.05 Å². The minimum absolute atomic E-state index is 0.183. The van der Waals surface area contributed by atoms with E-state index in [0.29, 0.717) is 22.3 Å². The molecule has 4 aromatic rings. The second-order valence-electron chi connectivity index (χ2n) is 8.94. The molecule has 14 heteroatoms. The van der Waals surface area contributed by atoms with Crippen LogP contribution in [0.15, 0.2) is 58.5 Å². The minimum Gasteiger partial charge on any atom is -0.397 e. The Morgan fingerprint density at radius 3 is 1.90 bits per heavy atom. The number of fused-ring (bicyclic) bond motifs is 1. The van der Waals surface area contributed by atoms with Gasteiger partial charge in [-0.05, 0) is 30.3 Å². The number of halogens is 6. The number of alkyl halides is 6. The van der Waals surface area contributed by atoms with E-state index in [-0.39, 0.29) is 5.56 Å². The van der Waals surface area contributed by atoms with Crippen LogP contribution in [0.5, 0.6) is 0 Å². The van der Waals surface area contributed by atoms with Crippen molar-refractivity contribution < 1.29 is 26.3 Å². The molecule has 0 bridgehead atoms. The smallest absolute Gasteiger partial charge is 0.397 e. The molecule has 4 aromatic heterocycles. The van der Waals surface area contributed by atoms with Gasteiger partial charge in [-0.3, -0.25) is 14.6 Å². The number of nitrogens with zero attached hydrogens (tertiary/aromatic N) is 4. The summed E-state index contributed by atoms with van der Waals surface area (Å²) in [6, 6.07) is 7.05. The van der Waals surface area contributed by atoms with E-state index in [9.17, 15) is 35.9 Å². The SMILES string of the molecule is C1CCCCC1.Cn1ccc2nc(-c3ccc(C(F)(F)F)cn3)ccc2c1=O.Nc1cn[nH]c(=O)c1C(F)(F)F. The largest absolute Gasteiger partial charge is 0.423 e. The van der Waals surface area contributed by atoms with Crippen LogP contribution in [-0.4, -0.2) is 24.7 Å². The molecule has 5 rings (SSSR count). The lowest BCUT2D eigenvalue weighted by molar-refractivity contribution is -0.138. The third-order valence-corrected chi connectivity index (χ3v) is 5.95. The molecule has 0 aliphatic heterocycles. The van der Waals surface area contributed by atoms with Gasteiger partial charge in [0.2, 0.25) is 0 Å². The summed E-state index contributed by atoms with van der Waals surface area (Å²) in [5.41, 5.74) is 1.70. The third kappa shape index (κ3) is 7.90. The zero-order chi connectivity index (χ0) is 29.5. The molecule has 0 amide bonds. The second-order valence-corrected chi connectivity index (χ2v) is 8.94. The average molecular weight is 569 g/mol. The molecule has 1 aliphatic carbocycles. The van der Waals surface area contributed by atoms with E-state index in [1.165, 1.54) is 49.2 Å². The first kappa shape index (κ1) is 30.3. The first-order valence-electron chi connectivity index (χ1n) is 12.2. The Bertz CT molecular complexity index is 1530. The van der Waals surface area contributed by atoms with Gasteiger partial charge in [0.1, 0.15) is 5.56 Å². The van der Waals surface area contributed by atoms with Gasteiger partial charge in [0.15, 0.2) is 0 Å². The van der Waals surface area contributed by atoms with Crippen molar-refractivity contribution in [3.05, 3.63) is 80.8 Å². The van der Waals surface area contributed by atoms with Gasteiger partial charge < -0.3 is 10.3 Å². The quantitative estimate of drug-likeness (QED) is 0.283. The van der Waals surface area contributed by atoms with Crippen molar-refractivity contribution in [3.63, 3.8) is 0 Å². The van der Waals surface area contributed by atoms with Crippen LogP contribution in [0.4, 0.5) is 32.0 Å². The number of rotatable bonds is 1. The van der Waals surface area contributed by atoms with E-state index in [1.54, 1.807) is 36.5 Å². The van der Waals surface area contributed by atoms with Crippen molar-refractivity contribution in [2.75, 3.05) is 5.73 Å². The first-order valence-corrected chi connectivity index (χ1v) is 12.2. The van der Waals surface area contributed by atoms with Crippen molar-refractivity contribution in [1.29, 1.82) is 0 Å². The molecule has 214 valence electrons. The summed E-state index contributed by atoms with van der Waals surface area (Å²) < 4.78 is 74.9. The summed E-state index contributed by atoms with van der Waals surface area (Å²) >= 11 is 0. The van der Waals surface area contributed by atoms with E-state index in [4.69, 9.17) is 5.73 Å². The van der Waals surface area contributed by atoms with E-state index in [0.717, 1.165) is 18.5 Å². The summed E-state index contributed by atoms with van der Waals surface area (Å²) in [6.45, 7) is 0. The van der Waals surface area contributed by atoms with E-state index in [2.05, 4.69) is 15.1 Å². The number of aromatic nitrogens is 5. The molecule has 1 fully saturated rings. The van der Waals surface area contributed by atoms with Crippen LogP contribution >= 0.6 is 0 Å². The van der Waals surface area contributed by atoms with Crippen LogP contribution in [0.2, 0.25) is 0 Å². The Hall–Kier alpha value is -4.23. The maximum atomic E-state index is 12.5. The lowest BCUT2D eigenvalue weighted by atomic mass is 10.0. The number of nitrogens with one attached hydrogen (secondary N) is 1. The van der Waals surface area contributed by atoms with Gasteiger partial charge in [-0.15, -0.1) is 0 Å². The van der Waals surface area contributed by atoms with Gasteiger partial charge in [0.25, 0.3) is 11.1 Å². The van der Waals surface area contributed by atoms with Crippen LogP contribution in [0.1, 0.15) is 49.7 Å². The highest BCUT2D eigenvalue weighted by Gasteiger charge is 2.36. The number of aryl methyl sites for hydroxylation is 1. The average Bonchev–Trinajstić information content (AvgIpc) is 2.91. The summed E-state index contributed by atoms with van der Waals surface area (Å²) in [6.07, 6.45) is 2.94. The highest BCUT2D eigenvalue weighted by atomic mass is 19.4. The number of pyridine rings is 3. The maximum absolute atomic E-state index is 12.5. The molecular formula is C26H26F6N6O2. The van der Waals surface area contributed by atoms with Gasteiger partial charge >= 0.3 is 12.4 Å². The van der Waals surface area contributed by atoms with Gasteiger partial charge in [-0.25, -0.2) is 10.1 Å². The highest BCUT2D eigenvalue weighted by Crippen LogP contribution is 2.30. The maximum Gasteiger partial charge on any atom is 0.423 e. The molecule has 0 saturated heterocycles. The molecule has 1 saturated carbocycles. The second kappa shape index (κ2) is 12.7. The van der Waals surface area contributed by atoms with Crippen LogP contribution in [0, 0.1) is 0 Å². The zero-order valence-electron chi connectivity index (χ0n) is 21.3. The fraction of sp³-hybridized carbons (Fsp3) is 0.346. The summed E-state index contributed by atoms with van der Waals surface area (Å²) in [5.74, 6) is 0. The molecular weight excluding hydrogens is 542 g/mol. The number of H-pyrrole nitrogens is 1. The predicted octanol–water partition coefficient (Wildman–Crippen LogP) is 5.73. The fourth-order valence-electron chi connectivity index (χ4n) is 3.84. The lowest BCUT2D eigenvalue weighted by Gasteiger charge is -2.07. The molecule has 0 atom stereocenters. The normalized spacial score (nSPS) is 13.6. The highest BCUT2D eigenvalue weighted by molar-refractivity contribution is 5.80. The summed E-state index contributed by atoms with van der Waals surface area (Å²) in [7, 11) is 1.63. The van der Waals surface area contributed by atoms with Crippen molar-refractivity contribution in [3.8, 4) is 11.4 Å². The standard InChI is InChI=1S/C15H10F3N3O.C6H12.C5H4F3N3O/c1-21-7-6-11-10(14(21)22)3-5-13(20-11)12-4-2-9(8-19-12)15(16,17)18;1-2-4-6-5-3-1;6-5(7,8)3-2(9)1-10-11-4(3)12/h2-8H,1H3;1-6H2;1H,(H3,9,11,12). The Balaban J connectivity index is 0.000000204. The van der Waals surface area contributed by atoms with Crippen molar-refractivity contribution >= 4 is 16.6 Å². The monoisotopic (exact) mass is 568 g/mol. The molecule has 40 heavy (non-hydrogen) atoms. The Labute approximate surface area is 223 Å². The fourth-order valence-corrected chi connectivity index (χ4v) is 3.84. The van der Waals surface area contributed by atoms with Crippen LogP contribution in [0.25, 0.3) is 22.3 Å². The van der Waals surface area contributed by atoms with E-state index >= 15 is 0 Å². The summed E-state index contributed by atoms with van der Waals surface area (Å²) in [4.78, 5) is 30.6. The topological polar surface area (TPSA) is 120 Å². The lowest BCUT2D eigenvalue weighted by Crippen LogP contribution is -2.24. The Kier molecular flexibility index (Phi) is 9.66. The van der Waals surface area contributed by atoms with E-state index in [1.807, 2.05) is 0 Å². The molecule has 1 aliphatic rings. The first-order chi connectivity index (χ1) is 18.8. The van der Waals surface area contributed by atoms with Crippen molar-refractivity contribution in [1.82, 2.24) is 24.7 Å². The summed E-state index contributed by atoms with van der Waals surface area (Å²) in [5, 5.41) is 5.18. The van der Waals surface area contributed by atoms with Gasteiger partial charge in [-0.2, -0.15) is 31.4 Å². The Morgan fingerprint density at radius 1 is 0.825 bits per heavy atom. The molecule has 8 nitrogen and oxygen atoms in total. The van der Waals surface area contributed by atoms with Crippen molar-refractivity contribution in [2.45, 2.75) is 50.9 Å². The van der Waals surface area contributed by atoms with Crippen LogP contribution in [0.3, 0.4) is 0 Å². The molecule has 0 aromatic carbocycles. The number of hydrogen-bond donors (Lipinski definition) is 2. The number of hydrogen-bond acceptors (Lipinski definition) is 6. The Morgan fingerprint density at radius 2 is 1.43 bits per heavy atom. The zero-order valence-corrected chi connectivity index (χ0v) is 21.3.